The number of benzene rings is 2. The van der Waals surface area contributed by atoms with E-state index < -0.39 is 18.3 Å². The second kappa shape index (κ2) is 5.77. The lowest BCUT2D eigenvalue weighted by atomic mass is 10.1. The summed E-state index contributed by atoms with van der Waals surface area (Å²) >= 11 is 0. The first kappa shape index (κ1) is 10.7. The van der Waals surface area contributed by atoms with Crippen LogP contribution in [0.3, 0.4) is 0 Å². The maximum atomic E-state index is 11.8. The molecule has 0 radical (unpaired) electrons. The lowest BCUT2D eigenvalue weighted by molar-refractivity contribution is 0.0475. The molecule has 0 aliphatic rings. The highest BCUT2D eigenvalue weighted by Crippen LogP contribution is 2.04. The Morgan fingerprint density at radius 2 is 1.39 bits per heavy atom. The topological polar surface area (TPSA) is 43.4 Å². The number of carbonyl (C=O) groups is 2. The first-order valence-electron chi connectivity index (χ1n) is 6.04. The molecule has 0 saturated carbocycles. The van der Waals surface area contributed by atoms with Gasteiger partial charge in [-0.3, -0.25) is 4.79 Å². The fourth-order valence-corrected chi connectivity index (χ4v) is 1.42. The fourth-order valence-electron chi connectivity index (χ4n) is 1.42. The molecule has 2 rings (SSSR count). The van der Waals surface area contributed by atoms with Gasteiger partial charge >= 0.3 is 5.97 Å². The maximum Gasteiger partial charge on any atom is 0.338 e. The van der Waals surface area contributed by atoms with E-state index in [0.29, 0.717) is 11.1 Å². The Bertz CT molecular complexity index is 566. The van der Waals surface area contributed by atoms with Crippen molar-refractivity contribution in [3.63, 3.8) is 0 Å². The van der Waals surface area contributed by atoms with Crippen LogP contribution >= 0.6 is 0 Å². The standard InChI is InChI=1S/C15H12O3/c16-14(12-7-3-1-4-8-12)11-18-15(17)13-9-5-2-6-10-13/h1-10H,11H2/i11D/t11-/m0/s1. The van der Waals surface area contributed by atoms with E-state index >= 15 is 0 Å². The first-order valence-corrected chi connectivity index (χ1v) is 5.46. The number of ether oxygens (including phenoxy) is 1. The minimum Gasteiger partial charge on any atom is -0.454 e. The second-order valence-corrected chi connectivity index (χ2v) is 3.62. The van der Waals surface area contributed by atoms with Crippen molar-refractivity contribution >= 4 is 11.8 Å². The van der Waals surface area contributed by atoms with Gasteiger partial charge in [-0.1, -0.05) is 48.5 Å². The van der Waals surface area contributed by atoms with Gasteiger partial charge in [0.2, 0.25) is 0 Å². The average Bonchev–Trinajstić information content (AvgIpc) is 2.48. The normalized spacial score (nSPS) is 12.3. The molecular weight excluding hydrogens is 228 g/mol. The Hall–Kier alpha value is -2.42. The molecule has 0 aliphatic carbocycles. The van der Waals surface area contributed by atoms with E-state index in [0.717, 1.165) is 0 Å². The van der Waals surface area contributed by atoms with Crippen molar-refractivity contribution in [2.24, 2.45) is 0 Å². The molecule has 1 atom stereocenters. The Morgan fingerprint density at radius 3 is 1.94 bits per heavy atom. The molecule has 0 amide bonds. The molecule has 3 heteroatoms. The molecule has 0 N–H and O–H groups in total. The highest BCUT2D eigenvalue weighted by molar-refractivity contribution is 5.99. The Balaban J connectivity index is 2.04. The molecule has 3 nitrogen and oxygen atoms in total. The number of Topliss-reactive ketones (excluding diaryl/α,β-unsaturated/α-hetero) is 1. The Morgan fingerprint density at radius 1 is 0.889 bits per heavy atom. The SMILES string of the molecule is [2H][C@H](OC(=O)c1ccccc1)C(=O)c1ccccc1. The van der Waals surface area contributed by atoms with Gasteiger partial charge in [-0.25, -0.2) is 4.79 Å². The van der Waals surface area contributed by atoms with Crippen LogP contribution in [0.5, 0.6) is 0 Å². The molecule has 0 spiro atoms. The van der Waals surface area contributed by atoms with Crippen molar-refractivity contribution in [3.05, 3.63) is 71.8 Å². The van der Waals surface area contributed by atoms with Crippen molar-refractivity contribution in [3.8, 4) is 0 Å². The van der Waals surface area contributed by atoms with Crippen LogP contribution < -0.4 is 0 Å². The van der Waals surface area contributed by atoms with Gasteiger partial charge in [0.1, 0.15) is 0 Å². The van der Waals surface area contributed by atoms with Crippen LogP contribution in [-0.2, 0) is 4.74 Å². The minimum absolute atomic E-state index is 0.320. The molecule has 0 fully saturated rings. The summed E-state index contributed by atoms with van der Waals surface area (Å²) in [4.78, 5) is 23.5. The highest BCUT2D eigenvalue weighted by Gasteiger charge is 2.10. The average molecular weight is 241 g/mol. The van der Waals surface area contributed by atoms with Crippen LogP contribution in [0.15, 0.2) is 60.7 Å². The van der Waals surface area contributed by atoms with E-state index in [-0.39, 0.29) is 0 Å². The summed E-state index contributed by atoms with van der Waals surface area (Å²) in [5.74, 6) is -1.21. The lowest BCUT2D eigenvalue weighted by Crippen LogP contribution is -2.14. The van der Waals surface area contributed by atoms with Gasteiger partial charge in [0.05, 0.1) is 6.93 Å². The summed E-state index contributed by atoms with van der Waals surface area (Å²) in [5, 5.41) is 0. The van der Waals surface area contributed by atoms with Gasteiger partial charge in [-0.2, -0.15) is 0 Å². The van der Waals surface area contributed by atoms with Gasteiger partial charge < -0.3 is 4.74 Å². The number of esters is 1. The zero-order valence-corrected chi connectivity index (χ0v) is 9.58. The van der Waals surface area contributed by atoms with E-state index in [1.165, 1.54) is 0 Å². The minimum atomic E-state index is -1.55. The lowest BCUT2D eigenvalue weighted by Gasteiger charge is -2.04. The van der Waals surface area contributed by atoms with Crippen LogP contribution in [0, 0.1) is 0 Å². The van der Waals surface area contributed by atoms with E-state index in [2.05, 4.69) is 0 Å². The van der Waals surface area contributed by atoms with Gasteiger partial charge in [0.15, 0.2) is 12.4 Å². The van der Waals surface area contributed by atoms with Crippen LogP contribution in [0.2, 0.25) is 0 Å². The van der Waals surface area contributed by atoms with Crippen molar-refractivity contribution < 1.29 is 15.7 Å². The molecule has 2 aromatic rings. The number of hydrogen-bond acceptors (Lipinski definition) is 3. The van der Waals surface area contributed by atoms with Gasteiger partial charge in [0, 0.05) is 5.56 Å². The van der Waals surface area contributed by atoms with Crippen LogP contribution in [-0.4, -0.2) is 18.3 Å². The summed E-state index contributed by atoms with van der Waals surface area (Å²) in [6.45, 7) is -1.55. The molecule has 0 aliphatic heterocycles. The van der Waals surface area contributed by atoms with Crippen LogP contribution in [0.25, 0.3) is 0 Å². The van der Waals surface area contributed by atoms with Crippen molar-refractivity contribution in [1.82, 2.24) is 0 Å². The smallest absolute Gasteiger partial charge is 0.338 e. The third kappa shape index (κ3) is 3.04. The van der Waals surface area contributed by atoms with Crippen molar-refractivity contribution in [2.45, 2.75) is 0 Å². The predicted molar refractivity (Wildman–Crippen MR) is 67.5 cm³/mol. The molecular formula is C15H12O3. The predicted octanol–water partition coefficient (Wildman–Crippen LogP) is 2.73. The summed E-state index contributed by atoms with van der Waals surface area (Å²) in [5.41, 5.74) is 0.670. The largest absolute Gasteiger partial charge is 0.454 e. The van der Waals surface area contributed by atoms with E-state index in [1.54, 1.807) is 60.7 Å². The fraction of sp³-hybridized carbons (Fsp3) is 0.0667. The first-order chi connectivity index (χ1) is 9.18. The molecule has 0 unspecified atom stereocenters. The van der Waals surface area contributed by atoms with Crippen molar-refractivity contribution in [2.75, 3.05) is 6.58 Å². The third-order valence-corrected chi connectivity index (χ3v) is 2.34. The second-order valence-electron chi connectivity index (χ2n) is 3.62. The summed E-state index contributed by atoms with van der Waals surface area (Å²) < 4.78 is 12.4. The zero-order chi connectivity index (χ0) is 13.7. The van der Waals surface area contributed by atoms with Gasteiger partial charge in [-0.15, -0.1) is 0 Å². The number of hydrogen-bond donors (Lipinski definition) is 0. The van der Waals surface area contributed by atoms with E-state index in [1.807, 2.05) is 0 Å². The molecule has 2 aromatic carbocycles. The van der Waals surface area contributed by atoms with Crippen molar-refractivity contribution in [1.29, 1.82) is 0 Å². The van der Waals surface area contributed by atoms with E-state index in [9.17, 15) is 9.59 Å². The summed E-state index contributed by atoms with van der Waals surface area (Å²) in [6, 6.07) is 16.6. The van der Waals surface area contributed by atoms with Crippen LogP contribution in [0.4, 0.5) is 0 Å². The maximum absolute atomic E-state index is 11.8. The third-order valence-electron chi connectivity index (χ3n) is 2.34. The monoisotopic (exact) mass is 241 g/mol. The molecule has 0 heterocycles. The summed E-state index contributed by atoms with van der Waals surface area (Å²) in [6.07, 6.45) is 0. The summed E-state index contributed by atoms with van der Waals surface area (Å²) in [7, 11) is 0. The van der Waals surface area contributed by atoms with Crippen LogP contribution in [0.1, 0.15) is 22.1 Å². The Labute approximate surface area is 106 Å². The molecule has 0 aromatic heterocycles. The highest BCUT2D eigenvalue weighted by atomic mass is 16.5. The Kier molecular flexibility index (Phi) is 3.44. The van der Waals surface area contributed by atoms with Gasteiger partial charge in [-0.05, 0) is 12.1 Å². The van der Waals surface area contributed by atoms with Gasteiger partial charge in [0.25, 0.3) is 0 Å². The molecule has 0 saturated heterocycles. The molecule has 90 valence electrons. The molecule has 0 bridgehead atoms. The zero-order valence-electron chi connectivity index (χ0n) is 10.6. The molecule has 18 heavy (non-hydrogen) atoms. The number of ketones is 1. The van der Waals surface area contributed by atoms with E-state index in [4.69, 9.17) is 6.11 Å². The number of carbonyl (C=O) groups excluding carboxylic acids is 2. The number of rotatable bonds is 4. The quantitative estimate of drug-likeness (QED) is 0.610.